The van der Waals surface area contributed by atoms with Crippen LogP contribution >= 0.6 is 11.6 Å². The Morgan fingerprint density at radius 2 is 1.81 bits per heavy atom. The van der Waals surface area contributed by atoms with E-state index in [2.05, 4.69) is 4.98 Å². The molecular weight excluding hydrogens is 360 g/mol. The van der Waals surface area contributed by atoms with Gasteiger partial charge in [0.05, 0.1) is 6.04 Å². The number of pyridine rings is 1. The van der Waals surface area contributed by atoms with Crippen LogP contribution in [0.5, 0.6) is 5.75 Å². The SMILES string of the molecule is CC(c1ccc(Cl)cc1)N(C)C(=O)c1ccc(OCc2cccnc2)cc1. The highest BCUT2D eigenvalue weighted by Crippen LogP contribution is 2.23. The first-order valence-corrected chi connectivity index (χ1v) is 9.07. The van der Waals surface area contributed by atoms with Crippen LogP contribution in [-0.4, -0.2) is 22.8 Å². The molecule has 0 bridgehead atoms. The van der Waals surface area contributed by atoms with Gasteiger partial charge in [-0.05, 0) is 55.0 Å². The number of rotatable bonds is 6. The molecule has 0 saturated carbocycles. The van der Waals surface area contributed by atoms with Gasteiger partial charge in [0.1, 0.15) is 12.4 Å². The first kappa shape index (κ1) is 18.9. The molecule has 0 radical (unpaired) electrons. The van der Waals surface area contributed by atoms with Gasteiger partial charge in [0.25, 0.3) is 5.91 Å². The zero-order valence-corrected chi connectivity index (χ0v) is 16.1. The first-order chi connectivity index (χ1) is 13.0. The van der Waals surface area contributed by atoms with Crippen molar-refractivity contribution >= 4 is 17.5 Å². The fourth-order valence-electron chi connectivity index (χ4n) is 2.69. The summed E-state index contributed by atoms with van der Waals surface area (Å²) in [5.41, 5.74) is 2.65. The minimum atomic E-state index is -0.0590. The normalized spacial score (nSPS) is 11.7. The fourth-order valence-corrected chi connectivity index (χ4v) is 2.81. The molecule has 5 heteroatoms. The smallest absolute Gasteiger partial charge is 0.254 e. The van der Waals surface area contributed by atoms with Crippen LogP contribution in [0.3, 0.4) is 0 Å². The standard InChI is InChI=1S/C22H21ClN2O2/c1-16(18-5-9-20(23)10-6-18)25(2)22(26)19-7-11-21(12-8-19)27-15-17-4-3-13-24-14-17/h3-14,16H,15H2,1-2H3. The lowest BCUT2D eigenvalue weighted by molar-refractivity contribution is 0.0742. The number of halogens is 1. The second kappa shape index (κ2) is 8.69. The van der Waals surface area contributed by atoms with Crippen LogP contribution in [0.1, 0.15) is 34.5 Å². The number of carbonyl (C=O) groups is 1. The largest absolute Gasteiger partial charge is 0.489 e. The van der Waals surface area contributed by atoms with E-state index in [0.717, 1.165) is 11.1 Å². The monoisotopic (exact) mass is 380 g/mol. The molecule has 0 aliphatic heterocycles. The first-order valence-electron chi connectivity index (χ1n) is 8.69. The van der Waals surface area contributed by atoms with Gasteiger partial charge in [-0.3, -0.25) is 9.78 Å². The second-order valence-electron chi connectivity index (χ2n) is 6.32. The molecule has 0 spiro atoms. The average Bonchev–Trinajstić information content (AvgIpc) is 2.72. The van der Waals surface area contributed by atoms with Crippen LogP contribution in [0, 0.1) is 0 Å². The van der Waals surface area contributed by atoms with E-state index >= 15 is 0 Å². The molecule has 0 saturated heterocycles. The molecule has 4 nitrogen and oxygen atoms in total. The molecule has 0 N–H and O–H groups in total. The Hall–Kier alpha value is -2.85. The van der Waals surface area contributed by atoms with Crippen molar-refractivity contribution in [1.82, 2.24) is 9.88 Å². The molecular formula is C22H21ClN2O2. The number of hydrogen-bond acceptors (Lipinski definition) is 3. The maximum Gasteiger partial charge on any atom is 0.254 e. The predicted molar refractivity (Wildman–Crippen MR) is 107 cm³/mol. The van der Waals surface area contributed by atoms with Crippen molar-refractivity contribution in [3.63, 3.8) is 0 Å². The third-order valence-corrected chi connectivity index (χ3v) is 4.74. The van der Waals surface area contributed by atoms with Gasteiger partial charge >= 0.3 is 0 Å². The number of aromatic nitrogens is 1. The van der Waals surface area contributed by atoms with E-state index in [4.69, 9.17) is 16.3 Å². The summed E-state index contributed by atoms with van der Waals surface area (Å²) >= 11 is 5.94. The summed E-state index contributed by atoms with van der Waals surface area (Å²) in [6, 6.07) is 18.5. The fraction of sp³-hybridized carbons (Fsp3) is 0.182. The maximum absolute atomic E-state index is 12.8. The van der Waals surface area contributed by atoms with Crippen LogP contribution in [-0.2, 0) is 6.61 Å². The van der Waals surface area contributed by atoms with Crippen molar-refractivity contribution in [3.05, 3.63) is 94.8 Å². The summed E-state index contributed by atoms with van der Waals surface area (Å²) in [4.78, 5) is 18.5. The summed E-state index contributed by atoms with van der Waals surface area (Å²) in [6.45, 7) is 2.43. The summed E-state index contributed by atoms with van der Waals surface area (Å²) in [7, 11) is 1.80. The Bertz CT molecular complexity index is 880. The molecule has 1 heterocycles. The van der Waals surface area contributed by atoms with Gasteiger partial charge in [0.15, 0.2) is 0 Å². The van der Waals surface area contributed by atoms with Gasteiger partial charge in [-0.15, -0.1) is 0 Å². The van der Waals surface area contributed by atoms with Crippen molar-refractivity contribution in [2.45, 2.75) is 19.6 Å². The quantitative estimate of drug-likeness (QED) is 0.594. The molecule has 1 amide bonds. The third kappa shape index (κ3) is 4.86. The minimum absolute atomic E-state index is 0.0451. The zero-order valence-electron chi connectivity index (χ0n) is 15.3. The Morgan fingerprint density at radius 1 is 1.11 bits per heavy atom. The van der Waals surface area contributed by atoms with Crippen LogP contribution in [0.2, 0.25) is 5.02 Å². The highest BCUT2D eigenvalue weighted by molar-refractivity contribution is 6.30. The number of hydrogen-bond donors (Lipinski definition) is 0. The van der Waals surface area contributed by atoms with Crippen molar-refractivity contribution in [1.29, 1.82) is 0 Å². The van der Waals surface area contributed by atoms with Gasteiger partial charge < -0.3 is 9.64 Å². The molecule has 3 aromatic rings. The van der Waals surface area contributed by atoms with Crippen LogP contribution < -0.4 is 4.74 Å². The van der Waals surface area contributed by atoms with Crippen LogP contribution in [0.4, 0.5) is 0 Å². The number of ether oxygens (including phenoxy) is 1. The Balaban J connectivity index is 1.63. The van der Waals surface area contributed by atoms with E-state index in [1.165, 1.54) is 0 Å². The summed E-state index contributed by atoms with van der Waals surface area (Å²) in [6.07, 6.45) is 3.50. The van der Waals surface area contributed by atoms with Gasteiger partial charge in [0, 0.05) is 35.6 Å². The molecule has 1 atom stereocenters. The molecule has 0 fully saturated rings. The lowest BCUT2D eigenvalue weighted by Crippen LogP contribution is -2.29. The number of benzene rings is 2. The van der Waals surface area contributed by atoms with Crippen molar-refractivity contribution in [3.8, 4) is 5.75 Å². The zero-order chi connectivity index (χ0) is 19.2. The van der Waals surface area contributed by atoms with E-state index in [1.807, 2.05) is 55.5 Å². The Morgan fingerprint density at radius 3 is 2.44 bits per heavy atom. The van der Waals surface area contributed by atoms with Crippen molar-refractivity contribution in [2.24, 2.45) is 0 Å². The molecule has 1 unspecified atom stereocenters. The van der Waals surface area contributed by atoms with E-state index in [1.54, 1.807) is 36.5 Å². The van der Waals surface area contributed by atoms with Gasteiger partial charge in [-0.2, -0.15) is 0 Å². The topological polar surface area (TPSA) is 42.4 Å². The van der Waals surface area contributed by atoms with E-state index in [9.17, 15) is 4.79 Å². The minimum Gasteiger partial charge on any atom is -0.489 e. The Kier molecular flexibility index (Phi) is 6.09. The maximum atomic E-state index is 12.8. The lowest BCUT2D eigenvalue weighted by atomic mass is 10.1. The van der Waals surface area contributed by atoms with Gasteiger partial charge in [0.2, 0.25) is 0 Å². The Labute approximate surface area is 164 Å². The molecule has 1 aromatic heterocycles. The second-order valence-corrected chi connectivity index (χ2v) is 6.75. The van der Waals surface area contributed by atoms with Crippen molar-refractivity contribution < 1.29 is 9.53 Å². The van der Waals surface area contributed by atoms with Crippen LogP contribution in [0.15, 0.2) is 73.1 Å². The van der Waals surface area contributed by atoms with E-state index in [0.29, 0.717) is 22.9 Å². The highest BCUT2D eigenvalue weighted by atomic mass is 35.5. The van der Waals surface area contributed by atoms with E-state index in [-0.39, 0.29) is 11.9 Å². The van der Waals surface area contributed by atoms with Gasteiger partial charge in [-0.1, -0.05) is 29.8 Å². The van der Waals surface area contributed by atoms with Crippen LogP contribution in [0.25, 0.3) is 0 Å². The molecule has 0 aliphatic carbocycles. The van der Waals surface area contributed by atoms with Gasteiger partial charge in [-0.25, -0.2) is 0 Å². The molecule has 0 aliphatic rings. The molecule has 3 rings (SSSR count). The van der Waals surface area contributed by atoms with Crippen molar-refractivity contribution in [2.75, 3.05) is 7.05 Å². The molecule has 27 heavy (non-hydrogen) atoms. The third-order valence-electron chi connectivity index (χ3n) is 4.48. The highest BCUT2D eigenvalue weighted by Gasteiger charge is 2.19. The molecule has 138 valence electrons. The number of nitrogens with zero attached hydrogens (tertiary/aromatic N) is 2. The number of carbonyl (C=O) groups excluding carboxylic acids is 1. The lowest BCUT2D eigenvalue weighted by Gasteiger charge is -2.25. The predicted octanol–water partition coefficient (Wildman–Crippen LogP) is 5.15. The summed E-state index contributed by atoms with van der Waals surface area (Å²) in [5.74, 6) is 0.667. The van der Waals surface area contributed by atoms with E-state index < -0.39 is 0 Å². The average molecular weight is 381 g/mol. The molecule has 2 aromatic carbocycles. The summed E-state index contributed by atoms with van der Waals surface area (Å²) in [5, 5.41) is 0.682. The number of amides is 1. The summed E-state index contributed by atoms with van der Waals surface area (Å²) < 4.78 is 5.74.